The van der Waals surface area contributed by atoms with Crippen LogP contribution in [0.15, 0.2) is 77.5 Å². The Balaban J connectivity index is 1.65. The van der Waals surface area contributed by atoms with Crippen LogP contribution in [-0.2, 0) is 0 Å². The number of aromatic nitrogens is 3. The van der Waals surface area contributed by atoms with E-state index in [1.807, 2.05) is 47.3 Å². The van der Waals surface area contributed by atoms with E-state index < -0.39 is 6.10 Å². The fourth-order valence-corrected chi connectivity index (χ4v) is 5.34. The van der Waals surface area contributed by atoms with E-state index in [2.05, 4.69) is 42.6 Å². The predicted octanol–water partition coefficient (Wildman–Crippen LogP) is 5.89. The zero-order valence-corrected chi connectivity index (χ0v) is 21.3. The summed E-state index contributed by atoms with van der Waals surface area (Å²) < 4.78 is 20.2. The third-order valence-corrected chi connectivity index (χ3v) is 7.19. The van der Waals surface area contributed by atoms with Gasteiger partial charge in [0.05, 0.1) is 19.9 Å². The third kappa shape index (κ3) is 3.52. The summed E-state index contributed by atoms with van der Waals surface area (Å²) in [6.45, 7) is 2.09. The molecular weight excluding hydrogens is 472 g/mol. The first-order valence-corrected chi connectivity index (χ1v) is 12.9. The van der Waals surface area contributed by atoms with Crippen LogP contribution < -0.4 is 19.5 Å². The van der Waals surface area contributed by atoms with Crippen molar-refractivity contribution in [3.8, 4) is 17.2 Å². The highest BCUT2D eigenvalue weighted by Crippen LogP contribution is 2.53. The molecule has 2 atom stereocenters. The summed E-state index contributed by atoms with van der Waals surface area (Å²) in [7, 11) is 3.30. The second-order valence-corrected chi connectivity index (χ2v) is 9.49. The summed E-state index contributed by atoms with van der Waals surface area (Å²) in [6, 6.07) is 22.3. The van der Waals surface area contributed by atoms with Crippen molar-refractivity contribution in [2.24, 2.45) is 0 Å². The Morgan fingerprint density at radius 2 is 1.78 bits per heavy atom. The van der Waals surface area contributed by atoms with Gasteiger partial charge < -0.3 is 19.5 Å². The standard InChI is InChI=1S/C28H26N4O3S/c1-16-12-14-17(15-13-16)24-22-23(29-27-30-28(36-4)31-32(24)27)18-8-5-6-10-20(18)35-26(22)19-9-7-11-21(33-2)25(19)34-3/h5-15,24,26H,1-4H3,(H,29,30,31)/t24-,26+/m1/s1. The smallest absolute Gasteiger partial charge is 0.227 e. The minimum absolute atomic E-state index is 0.237. The van der Waals surface area contributed by atoms with E-state index in [0.717, 1.165) is 33.7 Å². The van der Waals surface area contributed by atoms with E-state index >= 15 is 0 Å². The molecule has 7 nitrogen and oxygen atoms in total. The number of nitrogens with zero attached hydrogens (tertiary/aromatic N) is 3. The molecule has 2 aliphatic heterocycles. The van der Waals surface area contributed by atoms with Gasteiger partial charge in [-0.3, -0.25) is 0 Å². The summed E-state index contributed by atoms with van der Waals surface area (Å²) in [5.41, 5.74) is 6.18. The molecule has 0 saturated heterocycles. The van der Waals surface area contributed by atoms with Gasteiger partial charge in [-0.15, -0.1) is 5.10 Å². The predicted molar refractivity (Wildman–Crippen MR) is 141 cm³/mol. The lowest BCUT2D eigenvalue weighted by Crippen LogP contribution is -2.32. The minimum Gasteiger partial charge on any atom is -0.493 e. The lowest BCUT2D eigenvalue weighted by molar-refractivity contribution is 0.216. The zero-order chi connectivity index (χ0) is 24.8. The molecule has 8 heteroatoms. The van der Waals surface area contributed by atoms with Crippen LogP contribution in [0, 0.1) is 6.92 Å². The minimum atomic E-state index is -0.450. The SMILES string of the molecule is COc1cccc([C@@H]2Oc3ccccc3C3=C2[C@@H](c2ccc(C)cc2)n2nc(SC)nc2N3)c1OC. The number of hydrogen-bond donors (Lipinski definition) is 1. The van der Waals surface area contributed by atoms with E-state index in [4.69, 9.17) is 24.3 Å². The Labute approximate surface area is 214 Å². The Morgan fingerprint density at radius 1 is 0.972 bits per heavy atom. The Morgan fingerprint density at radius 3 is 2.53 bits per heavy atom. The normalized spacial score (nSPS) is 17.9. The number of ether oxygens (including phenoxy) is 3. The molecule has 2 aliphatic rings. The van der Waals surface area contributed by atoms with Gasteiger partial charge in [0, 0.05) is 16.7 Å². The summed E-state index contributed by atoms with van der Waals surface area (Å²) >= 11 is 1.52. The summed E-state index contributed by atoms with van der Waals surface area (Å²) in [4.78, 5) is 4.77. The van der Waals surface area contributed by atoms with Gasteiger partial charge in [0.25, 0.3) is 0 Å². The number of anilines is 1. The summed E-state index contributed by atoms with van der Waals surface area (Å²) in [5, 5.41) is 9.16. The maximum atomic E-state index is 6.75. The molecule has 4 aromatic rings. The van der Waals surface area contributed by atoms with Gasteiger partial charge in [-0.25, -0.2) is 4.68 Å². The first-order valence-electron chi connectivity index (χ1n) is 11.7. The van der Waals surface area contributed by atoms with Gasteiger partial charge >= 0.3 is 0 Å². The number of rotatable bonds is 5. The largest absolute Gasteiger partial charge is 0.493 e. The molecule has 1 N–H and O–H groups in total. The number of fused-ring (bicyclic) bond motifs is 3. The lowest BCUT2D eigenvalue weighted by atomic mass is 9.84. The zero-order valence-electron chi connectivity index (χ0n) is 20.5. The van der Waals surface area contributed by atoms with Crippen molar-refractivity contribution in [2.45, 2.75) is 24.2 Å². The number of aryl methyl sites for hydroxylation is 1. The van der Waals surface area contributed by atoms with Crippen LogP contribution in [0.3, 0.4) is 0 Å². The van der Waals surface area contributed by atoms with Crippen molar-refractivity contribution in [1.29, 1.82) is 0 Å². The number of hydrogen-bond acceptors (Lipinski definition) is 7. The quantitative estimate of drug-likeness (QED) is 0.344. The highest BCUT2D eigenvalue weighted by molar-refractivity contribution is 7.98. The fourth-order valence-electron chi connectivity index (χ4n) is 4.99. The molecule has 1 aromatic heterocycles. The van der Waals surface area contributed by atoms with Gasteiger partial charge in [0.2, 0.25) is 11.1 Å². The van der Waals surface area contributed by atoms with Crippen molar-refractivity contribution >= 4 is 23.4 Å². The van der Waals surface area contributed by atoms with Gasteiger partial charge in [0.15, 0.2) is 17.6 Å². The first kappa shape index (κ1) is 22.5. The molecule has 0 fully saturated rings. The monoisotopic (exact) mass is 498 g/mol. The lowest BCUT2D eigenvalue weighted by Gasteiger charge is -2.39. The van der Waals surface area contributed by atoms with E-state index in [0.29, 0.717) is 22.6 Å². The van der Waals surface area contributed by atoms with Crippen LogP contribution in [0.25, 0.3) is 5.70 Å². The number of thioether (sulfide) groups is 1. The van der Waals surface area contributed by atoms with Crippen molar-refractivity contribution in [1.82, 2.24) is 14.8 Å². The average molecular weight is 499 g/mol. The first-order chi connectivity index (χ1) is 17.6. The molecular formula is C28H26N4O3S. The van der Waals surface area contributed by atoms with Crippen LogP contribution in [0.4, 0.5) is 5.95 Å². The van der Waals surface area contributed by atoms with Crippen LogP contribution in [-0.4, -0.2) is 35.2 Å². The van der Waals surface area contributed by atoms with Crippen molar-refractivity contribution in [3.05, 3.63) is 94.6 Å². The Kier molecular flexibility index (Phi) is 5.60. The molecule has 0 radical (unpaired) electrons. The number of nitrogens with one attached hydrogen (secondary N) is 1. The topological polar surface area (TPSA) is 70.4 Å². The average Bonchev–Trinajstić information content (AvgIpc) is 3.34. The molecule has 0 aliphatic carbocycles. The van der Waals surface area contributed by atoms with Crippen LogP contribution in [0.1, 0.15) is 34.4 Å². The van der Waals surface area contributed by atoms with Gasteiger partial charge in [-0.2, -0.15) is 4.98 Å². The molecule has 0 amide bonds. The van der Waals surface area contributed by atoms with Crippen molar-refractivity contribution < 1.29 is 14.2 Å². The number of benzene rings is 3. The fraction of sp³-hybridized carbons (Fsp3) is 0.214. The van der Waals surface area contributed by atoms with Crippen molar-refractivity contribution in [2.75, 3.05) is 25.8 Å². The second kappa shape index (κ2) is 8.95. The van der Waals surface area contributed by atoms with E-state index in [1.165, 1.54) is 17.3 Å². The molecule has 3 aromatic carbocycles. The summed E-state index contributed by atoms with van der Waals surface area (Å²) in [5.74, 6) is 2.80. The highest BCUT2D eigenvalue weighted by atomic mass is 32.2. The van der Waals surface area contributed by atoms with E-state index in [9.17, 15) is 0 Å². The molecule has 0 saturated carbocycles. The van der Waals surface area contributed by atoms with Crippen LogP contribution >= 0.6 is 11.8 Å². The van der Waals surface area contributed by atoms with Crippen molar-refractivity contribution in [3.63, 3.8) is 0 Å². The second-order valence-electron chi connectivity index (χ2n) is 8.71. The summed E-state index contributed by atoms with van der Waals surface area (Å²) in [6.07, 6.45) is 1.53. The molecule has 3 heterocycles. The highest BCUT2D eigenvalue weighted by Gasteiger charge is 2.42. The van der Waals surface area contributed by atoms with Crippen LogP contribution in [0.5, 0.6) is 17.2 Å². The molecule has 182 valence electrons. The maximum Gasteiger partial charge on any atom is 0.227 e. The third-order valence-electron chi connectivity index (χ3n) is 6.65. The van der Waals surface area contributed by atoms with E-state index in [-0.39, 0.29) is 6.04 Å². The molecule has 0 unspecified atom stereocenters. The number of methoxy groups -OCH3 is 2. The maximum absolute atomic E-state index is 6.75. The van der Waals surface area contributed by atoms with Crippen LogP contribution in [0.2, 0.25) is 0 Å². The number of para-hydroxylation sites is 2. The Hall–Kier alpha value is -3.91. The molecule has 0 spiro atoms. The van der Waals surface area contributed by atoms with Gasteiger partial charge in [-0.05, 0) is 36.9 Å². The van der Waals surface area contributed by atoms with Gasteiger partial charge in [-0.1, -0.05) is 65.9 Å². The van der Waals surface area contributed by atoms with Gasteiger partial charge in [0.1, 0.15) is 11.8 Å². The Bertz CT molecular complexity index is 1480. The molecule has 0 bridgehead atoms. The molecule has 6 rings (SSSR count). The van der Waals surface area contributed by atoms with E-state index in [1.54, 1.807) is 14.2 Å². The molecule has 36 heavy (non-hydrogen) atoms.